The summed E-state index contributed by atoms with van der Waals surface area (Å²) in [6.07, 6.45) is 4.49. The summed E-state index contributed by atoms with van der Waals surface area (Å²) in [5.41, 5.74) is 4.37. The molecule has 0 radical (unpaired) electrons. The van der Waals surface area contributed by atoms with Crippen LogP contribution in [0, 0.1) is 6.92 Å². The van der Waals surface area contributed by atoms with E-state index < -0.39 is 0 Å². The lowest BCUT2D eigenvalue weighted by Crippen LogP contribution is -2.46. The number of hydrogen-bond donors (Lipinski definition) is 1. The third-order valence-electron chi connectivity index (χ3n) is 5.29. The average molecular weight is 422 g/mol. The molecule has 2 atom stereocenters. The molecule has 0 spiro atoms. The van der Waals surface area contributed by atoms with Gasteiger partial charge in [0.05, 0.1) is 18.2 Å². The number of thioether (sulfide) groups is 1. The normalized spacial score (nSPS) is 22.2. The number of nitrogens with one attached hydrogen (secondary N) is 1. The van der Waals surface area contributed by atoms with E-state index in [-0.39, 0.29) is 17.2 Å². The van der Waals surface area contributed by atoms with Crippen molar-refractivity contribution >= 4 is 29.3 Å². The maximum Gasteiger partial charge on any atom is 0.238 e. The molecule has 2 aromatic rings. The van der Waals surface area contributed by atoms with E-state index in [1.807, 2.05) is 34.7 Å². The minimum Gasteiger partial charge on any atom is -0.495 e. The highest BCUT2D eigenvalue weighted by Gasteiger charge is 2.39. The Morgan fingerprint density at radius 2 is 2.00 bits per heavy atom. The highest BCUT2D eigenvalue weighted by Crippen LogP contribution is 2.39. The number of amides is 1. The van der Waals surface area contributed by atoms with Gasteiger partial charge in [-0.1, -0.05) is 42.3 Å². The maximum absolute atomic E-state index is 13.5. The minimum atomic E-state index is -0.335. The topological polar surface area (TPSA) is 72.3 Å². The molecule has 1 aromatic carbocycles. The quantitative estimate of drug-likeness (QED) is 0.818. The van der Waals surface area contributed by atoms with E-state index in [9.17, 15) is 4.79 Å². The first-order valence-electron chi connectivity index (χ1n) is 9.56. The first-order chi connectivity index (χ1) is 13.6. The summed E-state index contributed by atoms with van der Waals surface area (Å²) >= 11 is 7.84. The molecule has 0 aliphatic carbocycles. The molecule has 2 aliphatic rings. The van der Waals surface area contributed by atoms with Gasteiger partial charge in [-0.15, -0.1) is 10.2 Å². The minimum absolute atomic E-state index is 0.142. The van der Waals surface area contributed by atoms with Crippen molar-refractivity contribution in [2.24, 2.45) is 0 Å². The number of carbonyl (C=O) groups excluding carboxylic acids is 1. The van der Waals surface area contributed by atoms with Gasteiger partial charge in [0, 0.05) is 13.1 Å². The molecule has 28 heavy (non-hydrogen) atoms. The van der Waals surface area contributed by atoms with Gasteiger partial charge in [0.2, 0.25) is 11.1 Å². The van der Waals surface area contributed by atoms with Crippen LogP contribution in [0.1, 0.15) is 43.1 Å². The number of methoxy groups -OCH3 is 1. The molecule has 1 N–H and O–H groups in total. The Balaban J connectivity index is 1.68. The highest BCUT2D eigenvalue weighted by atomic mass is 35.5. The average Bonchev–Trinajstić information content (AvgIpc) is 2.90. The Kier molecular flexibility index (Phi) is 5.68. The molecular weight excluding hydrogens is 398 g/mol. The monoisotopic (exact) mass is 421 g/mol. The molecule has 4 rings (SSSR count). The molecule has 1 aromatic heterocycles. The standard InChI is InChI=1S/C19H24ClN5O2S/c1-12-21-22-19-25(12)23-16(13-7-8-15(27-2)14(20)11-13)17(28-19)18(26)24-9-5-3-4-6-10-24/h7-8,11,16-17,23H,3-6,9-10H2,1-2H3/t16-,17+/m1/s1. The van der Waals surface area contributed by atoms with E-state index in [0.29, 0.717) is 15.9 Å². The van der Waals surface area contributed by atoms with Crippen LogP contribution in [-0.2, 0) is 4.79 Å². The fraction of sp³-hybridized carbons (Fsp3) is 0.526. The predicted molar refractivity (Wildman–Crippen MR) is 110 cm³/mol. The summed E-state index contributed by atoms with van der Waals surface area (Å²) < 4.78 is 7.12. The number of aromatic nitrogens is 3. The summed E-state index contributed by atoms with van der Waals surface area (Å²) in [5.74, 6) is 1.52. The van der Waals surface area contributed by atoms with Crippen molar-refractivity contribution in [3.8, 4) is 5.75 Å². The summed E-state index contributed by atoms with van der Waals surface area (Å²) in [6, 6.07) is 5.42. The van der Waals surface area contributed by atoms with Gasteiger partial charge in [0.25, 0.3) is 0 Å². The number of carbonyl (C=O) groups is 1. The number of rotatable bonds is 3. The largest absolute Gasteiger partial charge is 0.495 e. The predicted octanol–water partition coefficient (Wildman–Crippen LogP) is 3.41. The SMILES string of the molecule is COc1ccc([C@H]2Nn3c(C)nnc3S[C@@H]2C(=O)N2CCCCCC2)cc1Cl. The first kappa shape index (κ1) is 19.4. The van der Waals surface area contributed by atoms with Crippen LogP contribution in [0.25, 0.3) is 0 Å². The van der Waals surface area contributed by atoms with Gasteiger partial charge >= 0.3 is 0 Å². The van der Waals surface area contributed by atoms with Crippen LogP contribution in [0.4, 0.5) is 0 Å². The van der Waals surface area contributed by atoms with E-state index in [0.717, 1.165) is 37.3 Å². The van der Waals surface area contributed by atoms with E-state index in [1.54, 1.807) is 7.11 Å². The molecule has 1 fully saturated rings. The molecule has 0 bridgehead atoms. The van der Waals surface area contributed by atoms with Gasteiger partial charge in [0.15, 0.2) is 0 Å². The Morgan fingerprint density at radius 3 is 2.68 bits per heavy atom. The smallest absolute Gasteiger partial charge is 0.238 e. The second-order valence-electron chi connectivity index (χ2n) is 7.14. The van der Waals surface area contributed by atoms with Crippen molar-refractivity contribution in [1.82, 2.24) is 19.8 Å². The Bertz CT molecular complexity index is 866. The van der Waals surface area contributed by atoms with Crippen LogP contribution >= 0.6 is 23.4 Å². The summed E-state index contributed by atoms with van der Waals surface area (Å²) in [7, 11) is 1.59. The zero-order valence-corrected chi connectivity index (χ0v) is 17.6. The third-order valence-corrected chi connectivity index (χ3v) is 6.79. The van der Waals surface area contributed by atoms with E-state index in [1.165, 1.54) is 24.6 Å². The Labute approximate surface area is 173 Å². The molecule has 3 heterocycles. The second kappa shape index (κ2) is 8.21. The number of ether oxygens (including phenoxy) is 1. The van der Waals surface area contributed by atoms with Crippen LogP contribution in [-0.4, -0.2) is 51.1 Å². The van der Waals surface area contributed by atoms with Crippen molar-refractivity contribution < 1.29 is 9.53 Å². The van der Waals surface area contributed by atoms with Crippen LogP contribution < -0.4 is 10.2 Å². The first-order valence-corrected chi connectivity index (χ1v) is 10.8. The number of aryl methyl sites for hydroxylation is 1. The fourth-order valence-corrected chi connectivity index (χ4v) is 5.22. The Morgan fingerprint density at radius 1 is 1.25 bits per heavy atom. The van der Waals surface area contributed by atoms with Crippen molar-refractivity contribution in [3.63, 3.8) is 0 Å². The highest BCUT2D eigenvalue weighted by molar-refractivity contribution is 8.00. The van der Waals surface area contributed by atoms with Crippen molar-refractivity contribution in [2.45, 2.75) is 49.1 Å². The third kappa shape index (κ3) is 3.67. The number of benzene rings is 1. The zero-order valence-electron chi connectivity index (χ0n) is 16.0. The van der Waals surface area contributed by atoms with Gasteiger partial charge < -0.3 is 15.1 Å². The Hall–Kier alpha value is -1.93. The fourth-order valence-electron chi connectivity index (χ4n) is 3.75. The molecule has 1 amide bonds. The van der Waals surface area contributed by atoms with Crippen LogP contribution in [0.5, 0.6) is 5.75 Å². The van der Waals surface area contributed by atoms with Crippen molar-refractivity contribution in [3.05, 3.63) is 34.6 Å². The lowest BCUT2D eigenvalue weighted by molar-refractivity contribution is -0.131. The van der Waals surface area contributed by atoms with Gasteiger partial charge in [-0.2, -0.15) is 0 Å². The number of nitrogens with zero attached hydrogens (tertiary/aromatic N) is 4. The number of halogens is 1. The molecule has 7 nitrogen and oxygen atoms in total. The van der Waals surface area contributed by atoms with E-state index in [4.69, 9.17) is 16.3 Å². The molecule has 9 heteroatoms. The van der Waals surface area contributed by atoms with Gasteiger partial charge in [-0.3, -0.25) is 4.79 Å². The molecule has 0 unspecified atom stereocenters. The van der Waals surface area contributed by atoms with Crippen molar-refractivity contribution in [2.75, 3.05) is 25.6 Å². The van der Waals surface area contributed by atoms with Crippen LogP contribution in [0.15, 0.2) is 23.4 Å². The van der Waals surface area contributed by atoms with Crippen LogP contribution in [0.2, 0.25) is 5.02 Å². The molecular formula is C19H24ClN5O2S. The summed E-state index contributed by atoms with van der Waals surface area (Å²) in [5, 5.41) is 9.28. The molecule has 2 aliphatic heterocycles. The number of likely N-dealkylation sites (tertiary alicyclic amines) is 1. The maximum atomic E-state index is 13.5. The molecule has 150 valence electrons. The zero-order chi connectivity index (χ0) is 19.7. The number of hydrogen-bond acceptors (Lipinski definition) is 6. The number of fused-ring (bicyclic) bond motifs is 1. The van der Waals surface area contributed by atoms with E-state index >= 15 is 0 Å². The van der Waals surface area contributed by atoms with Crippen LogP contribution in [0.3, 0.4) is 0 Å². The molecule has 0 saturated carbocycles. The van der Waals surface area contributed by atoms with Gasteiger partial charge in [-0.05, 0) is 37.5 Å². The van der Waals surface area contributed by atoms with Crippen molar-refractivity contribution in [1.29, 1.82) is 0 Å². The molecule has 1 saturated heterocycles. The van der Waals surface area contributed by atoms with Gasteiger partial charge in [0.1, 0.15) is 16.8 Å². The summed E-state index contributed by atoms with van der Waals surface area (Å²) in [6.45, 7) is 3.52. The van der Waals surface area contributed by atoms with E-state index in [2.05, 4.69) is 15.6 Å². The second-order valence-corrected chi connectivity index (χ2v) is 8.66. The summed E-state index contributed by atoms with van der Waals surface area (Å²) in [4.78, 5) is 15.5. The lowest BCUT2D eigenvalue weighted by Gasteiger charge is -2.35. The van der Waals surface area contributed by atoms with Gasteiger partial charge in [-0.25, -0.2) is 4.68 Å². The lowest BCUT2D eigenvalue weighted by atomic mass is 10.0.